The number of carbonyl (C=O) groups excluding carboxylic acids is 1. The molecule has 0 atom stereocenters. The van der Waals surface area contributed by atoms with E-state index in [1.807, 2.05) is 43.9 Å². The lowest BCUT2D eigenvalue weighted by molar-refractivity contribution is -0.137. The summed E-state index contributed by atoms with van der Waals surface area (Å²) in [6.07, 6.45) is -3.53. The molecule has 0 bridgehead atoms. The highest BCUT2D eigenvalue weighted by atomic mass is 19.4. The van der Waals surface area contributed by atoms with Crippen molar-refractivity contribution in [3.63, 3.8) is 0 Å². The summed E-state index contributed by atoms with van der Waals surface area (Å²) in [6.45, 7) is 10.2. The molecule has 0 unspecified atom stereocenters. The second-order valence-corrected chi connectivity index (χ2v) is 9.28. The van der Waals surface area contributed by atoms with Gasteiger partial charge in [-0.15, -0.1) is 0 Å². The third-order valence-corrected chi connectivity index (χ3v) is 6.59. The number of anilines is 1. The van der Waals surface area contributed by atoms with Crippen molar-refractivity contribution >= 4 is 33.9 Å². The van der Waals surface area contributed by atoms with Gasteiger partial charge in [0.05, 0.1) is 23.2 Å². The van der Waals surface area contributed by atoms with Crippen LogP contribution in [-0.2, 0) is 12.7 Å². The van der Waals surface area contributed by atoms with E-state index in [-0.39, 0.29) is 12.5 Å². The third kappa shape index (κ3) is 5.68. The molecule has 4 rings (SSSR count). The van der Waals surface area contributed by atoms with Crippen LogP contribution in [0.1, 0.15) is 61.2 Å². The Morgan fingerprint density at radius 3 is 2.38 bits per heavy atom. The predicted molar refractivity (Wildman–Crippen MR) is 143 cm³/mol. The number of rotatable bonds is 8. The molecule has 0 saturated carbocycles. The molecule has 2 aromatic carbocycles. The average molecular weight is 509 g/mol. The Morgan fingerprint density at radius 1 is 1.05 bits per heavy atom. The fraction of sp³-hybridized carbons (Fsp3) is 0.345. The van der Waals surface area contributed by atoms with E-state index in [1.165, 1.54) is 17.7 Å². The van der Waals surface area contributed by atoms with Crippen LogP contribution in [0.2, 0.25) is 0 Å². The van der Waals surface area contributed by atoms with E-state index in [4.69, 9.17) is 4.98 Å². The molecule has 0 saturated heterocycles. The van der Waals surface area contributed by atoms with Crippen LogP contribution in [0.5, 0.6) is 0 Å². The van der Waals surface area contributed by atoms with Crippen molar-refractivity contribution in [1.82, 2.24) is 9.88 Å². The number of carbonyl (C=O) groups is 1. The van der Waals surface area contributed by atoms with Gasteiger partial charge in [-0.3, -0.25) is 9.79 Å². The summed E-state index contributed by atoms with van der Waals surface area (Å²) in [5, 5.41) is 3.95. The van der Waals surface area contributed by atoms with Gasteiger partial charge in [-0.1, -0.05) is 25.1 Å². The number of benzene rings is 2. The summed E-state index contributed by atoms with van der Waals surface area (Å²) in [7, 11) is 0. The number of halogens is 3. The maximum Gasteiger partial charge on any atom is 0.416 e. The van der Waals surface area contributed by atoms with Crippen LogP contribution >= 0.6 is 0 Å². The zero-order valence-electron chi connectivity index (χ0n) is 21.5. The molecule has 194 valence electrons. The standard InChI is InChI=1S/C29H31F3N4O/c1-5-13-36(6-2)28(37)24-15-26(34-17-20-7-10-22(11-8-20)29(30,31)32)35-25-12-9-21(14-23(24)25)27-18(3)16-33-19(27)4/h7-12,14-15H,5-6,13,16-17H2,1-4H3,(H,34,35). The van der Waals surface area contributed by atoms with Gasteiger partial charge in [-0.25, -0.2) is 4.98 Å². The second kappa shape index (κ2) is 10.7. The lowest BCUT2D eigenvalue weighted by Gasteiger charge is -2.22. The molecule has 2 heterocycles. The van der Waals surface area contributed by atoms with Crippen LogP contribution in [0.25, 0.3) is 16.5 Å². The number of amides is 1. The number of aliphatic imine (C=N–C) groups is 1. The summed E-state index contributed by atoms with van der Waals surface area (Å²) in [5.41, 5.74) is 5.48. The highest BCUT2D eigenvalue weighted by Crippen LogP contribution is 2.31. The first-order valence-electron chi connectivity index (χ1n) is 12.5. The summed E-state index contributed by atoms with van der Waals surface area (Å²) in [4.78, 5) is 24.7. The van der Waals surface area contributed by atoms with E-state index in [0.29, 0.717) is 42.1 Å². The molecule has 1 aromatic heterocycles. The van der Waals surface area contributed by atoms with Gasteiger partial charge in [0.15, 0.2) is 0 Å². The topological polar surface area (TPSA) is 57.6 Å². The smallest absolute Gasteiger partial charge is 0.366 e. The highest BCUT2D eigenvalue weighted by Gasteiger charge is 2.30. The highest BCUT2D eigenvalue weighted by molar-refractivity contribution is 6.25. The first-order chi connectivity index (χ1) is 17.6. The largest absolute Gasteiger partial charge is 0.416 e. The van der Waals surface area contributed by atoms with E-state index in [9.17, 15) is 18.0 Å². The van der Waals surface area contributed by atoms with Gasteiger partial charge in [0.25, 0.3) is 5.91 Å². The number of nitrogens with one attached hydrogen (secondary N) is 1. The van der Waals surface area contributed by atoms with E-state index in [2.05, 4.69) is 17.2 Å². The van der Waals surface area contributed by atoms with Crippen LogP contribution in [0.15, 0.2) is 59.1 Å². The van der Waals surface area contributed by atoms with Gasteiger partial charge in [-0.05, 0) is 74.2 Å². The molecule has 37 heavy (non-hydrogen) atoms. The zero-order valence-corrected chi connectivity index (χ0v) is 21.5. The minimum Gasteiger partial charge on any atom is -0.366 e. The van der Waals surface area contributed by atoms with Crippen molar-refractivity contribution in [3.8, 4) is 0 Å². The first-order valence-corrected chi connectivity index (χ1v) is 12.5. The quantitative estimate of drug-likeness (QED) is 0.357. The average Bonchev–Trinajstić information content (AvgIpc) is 3.22. The minimum atomic E-state index is -4.37. The molecule has 1 amide bonds. The Morgan fingerprint density at radius 2 is 1.78 bits per heavy atom. The van der Waals surface area contributed by atoms with Crippen molar-refractivity contribution in [3.05, 3.63) is 76.4 Å². The number of nitrogens with zero attached hydrogens (tertiary/aromatic N) is 3. The van der Waals surface area contributed by atoms with Gasteiger partial charge < -0.3 is 10.2 Å². The number of alkyl halides is 3. The van der Waals surface area contributed by atoms with Gasteiger partial charge in [0.1, 0.15) is 5.82 Å². The fourth-order valence-electron chi connectivity index (χ4n) is 4.66. The van der Waals surface area contributed by atoms with E-state index >= 15 is 0 Å². The summed E-state index contributed by atoms with van der Waals surface area (Å²) < 4.78 is 38.7. The summed E-state index contributed by atoms with van der Waals surface area (Å²) >= 11 is 0. The van der Waals surface area contributed by atoms with Gasteiger partial charge in [-0.2, -0.15) is 13.2 Å². The molecule has 3 aromatic rings. The molecule has 1 aliphatic heterocycles. The fourth-order valence-corrected chi connectivity index (χ4v) is 4.66. The number of fused-ring (bicyclic) bond motifs is 1. The maximum absolute atomic E-state index is 13.6. The molecule has 5 nitrogen and oxygen atoms in total. The van der Waals surface area contributed by atoms with E-state index in [0.717, 1.165) is 40.8 Å². The van der Waals surface area contributed by atoms with Gasteiger partial charge in [0.2, 0.25) is 0 Å². The molecule has 0 radical (unpaired) electrons. The number of aromatic nitrogens is 1. The predicted octanol–water partition coefficient (Wildman–Crippen LogP) is 6.99. The second-order valence-electron chi connectivity index (χ2n) is 9.28. The van der Waals surface area contributed by atoms with Crippen LogP contribution in [0.3, 0.4) is 0 Å². The first kappa shape index (κ1) is 26.4. The molecule has 1 aliphatic rings. The van der Waals surface area contributed by atoms with Crippen LogP contribution in [0, 0.1) is 0 Å². The monoisotopic (exact) mass is 508 g/mol. The van der Waals surface area contributed by atoms with E-state index in [1.54, 1.807) is 6.07 Å². The summed E-state index contributed by atoms with van der Waals surface area (Å²) in [6, 6.07) is 12.7. The number of hydrogen-bond acceptors (Lipinski definition) is 4. The molecular formula is C29H31F3N4O. The lowest BCUT2D eigenvalue weighted by Crippen LogP contribution is -2.31. The van der Waals surface area contributed by atoms with Crippen molar-refractivity contribution in [1.29, 1.82) is 0 Å². The number of allylic oxidation sites excluding steroid dienone is 1. The minimum absolute atomic E-state index is 0.0750. The maximum atomic E-state index is 13.6. The Labute approximate surface area is 215 Å². The van der Waals surface area contributed by atoms with Crippen molar-refractivity contribution in [2.45, 2.75) is 46.8 Å². The SMILES string of the molecule is CCCN(CC)C(=O)c1cc(NCc2ccc(C(F)(F)F)cc2)nc2ccc(C3=C(C)CN=C3C)cc12. The molecule has 0 aliphatic carbocycles. The molecule has 0 spiro atoms. The zero-order chi connectivity index (χ0) is 26.7. The lowest BCUT2D eigenvalue weighted by atomic mass is 9.96. The Bertz CT molecular complexity index is 1370. The van der Waals surface area contributed by atoms with Gasteiger partial charge >= 0.3 is 6.18 Å². The van der Waals surface area contributed by atoms with Crippen LogP contribution < -0.4 is 5.32 Å². The molecular weight excluding hydrogens is 477 g/mol. The van der Waals surface area contributed by atoms with Crippen molar-refractivity contribution < 1.29 is 18.0 Å². The van der Waals surface area contributed by atoms with E-state index < -0.39 is 11.7 Å². The number of hydrogen-bond donors (Lipinski definition) is 1. The molecule has 8 heteroatoms. The number of pyridine rings is 1. The van der Waals surface area contributed by atoms with Crippen molar-refractivity contribution in [2.24, 2.45) is 4.99 Å². The third-order valence-electron chi connectivity index (χ3n) is 6.59. The molecule has 1 N–H and O–H groups in total. The summed E-state index contributed by atoms with van der Waals surface area (Å²) in [5.74, 6) is 0.416. The van der Waals surface area contributed by atoms with Crippen molar-refractivity contribution in [2.75, 3.05) is 25.0 Å². The normalized spacial score (nSPS) is 13.8. The Balaban J connectivity index is 1.72. The van der Waals surface area contributed by atoms with Gasteiger partial charge in [0, 0.05) is 36.3 Å². The Kier molecular flexibility index (Phi) is 7.66. The Hall–Kier alpha value is -3.68. The molecule has 0 fully saturated rings. The van der Waals surface area contributed by atoms with Crippen LogP contribution in [-0.4, -0.2) is 41.1 Å². The van der Waals surface area contributed by atoms with Crippen LogP contribution in [0.4, 0.5) is 19.0 Å².